The third-order valence-electron chi connectivity index (χ3n) is 5.09. The predicted molar refractivity (Wildman–Crippen MR) is 108 cm³/mol. The molecule has 0 bridgehead atoms. The monoisotopic (exact) mass is 413 g/mol. The number of halogens is 2. The molecule has 0 spiro atoms. The summed E-state index contributed by atoms with van der Waals surface area (Å²) in [5.74, 6) is -1.51. The molecule has 2 aromatic heterocycles. The van der Waals surface area contributed by atoms with E-state index in [-0.39, 0.29) is 18.2 Å². The van der Waals surface area contributed by atoms with Crippen molar-refractivity contribution in [2.24, 2.45) is 5.73 Å². The van der Waals surface area contributed by atoms with Gasteiger partial charge in [-0.25, -0.2) is 13.5 Å². The van der Waals surface area contributed by atoms with Crippen LogP contribution in [0.5, 0.6) is 0 Å². The van der Waals surface area contributed by atoms with E-state index in [9.17, 15) is 13.6 Å². The molecule has 1 aliphatic heterocycles. The second-order valence-electron chi connectivity index (χ2n) is 7.25. The molecule has 0 aliphatic carbocycles. The van der Waals surface area contributed by atoms with E-state index in [4.69, 9.17) is 10.5 Å². The summed E-state index contributed by atoms with van der Waals surface area (Å²) in [6.07, 6.45) is 6.20. The highest BCUT2D eigenvalue weighted by molar-refractivity contribution is 5.93. The Hall–Kier alpha value is -3.33. The lowest BCUT2D eigenvalue weighted by Crippen LogP contribution is -2.39. The van der Waals surface area contributed by atoms with Crippen molar-refractivity contribution in [1.82, 2.24) is 14.8 Å². The number of aryl methyl sites for hydroxylation is 1. The largest absolute Gasteiger partial charge is 0.378 e. The van der Waals surface area contributed by atoms with Gasteiger partial charge in [0.15, 0.2) is 0 Å². The van der Waals surface area contributed by atoms with E-state index in [2.05, 4.69) is 15.4 Å². The van der Waals surface area contributed by atoms with Gasteiger partial charge in [0.25, 0.3) is 5.91 Å². The number of amides is 1. The zero-order valence-electron chi connectivity index (χ0n) is 16.3. The van der Waals surface area contributed by atoms with E-state index in [1.807, 2.05) is 6.07 Å². The molecule has 9 heteroatoms. The minimum atomic E-state index is -1.08. The number of anilines is 1. The number of ether oxygens (including phenoxy) is 1. The zero-order chi connectivity index (χ0) is 21.3. The second-order valence-corrected chi connectivity index (χ2v) is 7.25. The fourth-order valence-electron chi connectivity index (χ4n) is 3.46. The molecule has 2 atom stereocenters. The summed E-state index contributed by atoms with van der Waals surface area (Å²) in [6, 6.07) is 4.17. The van der Waals surface area contributed by atoms with Gasteiger partial charge in [0, 0.05) is 36.3 Å². The average molecular weight is 413 g/mol. The Bertz CT molecular complexity index is 1090. The number of nitrogens with two attached hydrogens (primary N) is 1. The standard InChI is InChI=1S/C21H21F2N5O2/c1-12-4-17(22)16(21(24)29)6-20(12)28-10-14(8-26-28)13-5-15(9-25-7-13)27-19-2-3-30-11-18(19)23/h4-10,18-19,27H,2-3,11H2,1H3,(H2,24,29). The van der Waals surface area contributed by atoms with Gasteiger partial charge in [0.2, 0.25) is 0 Å². The number of pyridine rings is 1. The molecule has 3 aromatic rings. The molecule has 7 nitrogen and oxygen atoms in total. The molecule has 0 radical (unpaired) electrons. The van der Waals surface area contributed by atoms with Crippen molar-refractivity contribution in [3.8, 4) is 16.8 Å². The Balaban J connectivity index is 1.60. The Morgan fingerprint density at radius 1 is 1.27 bits per heavy atom. The quantitative estimate of drug-likeness (QED) is 0.671. The normalized spacial score (nSPS) is 18.9. The van der Waals surface area contributed by atoms with Crippen molar-refractivity contribution in [1.29, 1.82) is 0 Å². The van der Waals surface area contributed by atoms with Crippen LogP contribution in [0.15, 0.2) is 43.0 Å². The molecule has 1 saturated heterocycles. The summed E-state index contributed by atoms with van der Waals surface area (Å²) >= 11 is 0. The summed E-state index contributed by atoms with van der Waals surface area (Å²) in [4.78, 5) is 15.7. The average Bonchev–Trinajstić information content (AvgIpc) is 3.20. The van der Waals surface area contributed by atoms with Crippen molar-refractivity contribution in [3.63, 3.8) is 0 Å². The van der Waals surface area contributed by atoms with Crippen LogP contribution >= 0.6 is 0 Å². The van der Waals surface area contributed by atoms with Crippen LogP contribution in [-0.2, 0) is 4.74 Å². The molecular weight excluding hydrogens is 392 g/mol. The molecule has 3 heterocycles. The Morgan fingerprint density at radius 2 is 2.10 bits per heavy atom. The predicted octanol–water partition coefficient (Wildman–Crippen LogP) is 3.02. The minimum absolute atomic E-state index is 0.0852. The van der Waals surface area contributed by atoms with E-state index in [0.29, 0.717) is 30.0 Å². The third-order valence-corrected chi connectivity index (χ3v) is 5.09. The Morgan fingerprint density at radius 3 is 2.87 bits per heavy atom. The Labute approximate surface area is 171 Å². The zero-order valence-corrected chi connectivity index (χ0v) is 16.3. The number of rotatable bonds is 5. The molecule has 156 valence electrons. The molecule has 4 rings (SSSR count). The summed E-state index contributed by atoms with van der Waals surface area (Å²) in [5, 5.41) is 7.51. The lowest BCUT2D eigenvalue weighted by molar-refractivity contribution is 0.0286. The topological polar surface area (TPSA) is 95.1 Å². The molecule has 1 amide bonds. The SMILES string of the molecule is Cc1cc(F)c(C(N)=O)cc1-n1cc(-c2cncc(NC3CCOCC3F)c2)cn1. The molecule has 1 fully saturated rings. The Kier molecular flexibility index (Phi) is 5.45. The van der Waals surface area contributed by atoms with Crippen molar-refractivity contribution in [3.05, 3.63) is 59.9 Å². The number of nitrogens with zero attached hydrogens (tertiary/aromatic N) is 3. The van der Waals surface area contributed by atoms with Crippen LogP contribution in [0.25, 0.3) is 16.8 Å². The highest BCUT2D eigenvalue weighted by atomic mass is 19.1. The number of carbonyl (C=O) groups is 1. The molecule has 1 aromatic carbocycles. The van der Waals surface area contributed by atoms with Crippen LogP contribution in [0, 0.1) is 12.7 Å². The number of alkyl halides is 1. The first kappa shape index (κ1) is 20.0. The lowest BCUT2D eigenvalue weighted by atomic mass is 10.1. The van der Waals surface area contributed by atoms with Gasteiger partial charge in [-0.15, -0.1) is 0 Å². The highest BCUT2D eigenvalue weighted by Gasteiger charge is 2.25. The number of primary amides is 1. The van der Waals surface area contributed by atoms with Gasteiger partial charge in [-0.2, -0.15) is 5.10 Å². The number of benzene rings is 1. The van der Waals surface area contributed by atoms with Crippen molar-refractivity contribution in [2.45, 2.75) is 25.6 Å². The highest BCUT2D eigenvalue weighted by Crippen LogP contribution is 2.26. The van der Waals surface area contributed by atoms with Crippen LogP contribution in [-0.4, -0.2) is 46.1 Å². The first-order valence-corrected chi connectivity index (χ1v) is 9.51. The second kappa shape index (κ2) is 8.19. The molecule has 1 aliphatic rings. The van der Waals surface area contributed by atoms with Gasteiger partial charge in [-0.1, -0.05) is 0 Å². The van der Waals surface area contributed by atoms with Crippen molar-refractivity contribution in [2.75, 3.05) is 18.5 Å². The number of aromatic nitrogens is 3. The number of nitrogens with one attached hydrogen (secondary N) is 1. The van der Waals surface area contributed by atoms with Gasteiger partial charge < -0.3 is 15.8 Å². The first-order valence-electron chi connectivity index (χ1n) is 9.51. The van der Waals surface area contributed by atoms with Gasteiger partial charge in [0.1, 0.15) is 12.0 Å². The smallest absolute Gasteiger partial charge is 0.251 e. The van der Waals surface area contributed by atoms with Crippen molar-refractivity contribution < 1.29 is 18.3 Å². The molecular formula is C21H21F2N5O2. The molecule has 2 unspecified atom stereocenters. The van der Waals surface area contributed by atoms with Crippen LogP contribution in [0.3, 0.4) is 0 Å². The maximum atomic E-state index is 14.0. The summed E-state index contributed by atoms with van der Waals surface area (Å²) < 4.78 is 34.7. The first-order chi connectivity index (χ1) is 14.4. The van der Waals surface area contributed by atoms with Crippen molar-refractivity contribution >= 4 is 11.6 Å². The summed E-state index contributed by atoms with van der Waals surface area (Å²) in [5.41, 5.74) is 8.45. The number of hydrogen-bond acceptors (Lipinski definition) is 5. The van der Waals surface area contributed by atoms with E-state index in [0.717, 1.165) is 11.1 Å². The fraction of sp³-hybridized carbons (Fsp3) is 0.286. The summed E-state index contributed by atoms with van der Waals surface area (Å²) in [7, 11) is 0. The minimum Gasteiger partial charge on any atom is -0.378 e. The van der Waals surface area contributed by atoms with Gasteiger partial charge in [-0.05, 0) is 37.1 Å². The van der Waals surface area contributed by atoms with E-state index in [1.54, 1.807) is 36.4 Å². The van der Waals surface area contributed by atoms with Crippen LogP contribution in [0.2, 0.25) is 0 Å². The van der Waals surface area contributed by atoms with E-state index < -0.39 is 17.9 Å². The maximum Gasteiger partial charge on any atom is 0.251 e. The third kappa shape index (κ3) is 4.02. The van der Waals surface area contributed by atoms with Crippen LogP contribution in [0.1, 0.15) is 22.3 Å². The van der Waals surface area contributed by atoms with E-state index >= 15 is 0 Å². The maximum absolute atomic E-state index is 14.0. The fourth-order valence-corrected chi connectivity index (χ4v) is 3.46. The van der Waals surface area contributed by atoms with Gasteiger partial charge in [0.05, 0.1) is 35.8 Å². The molecule has 0 saturated carbocycles. The van der Waals surface area contributed by atoms with Crippen LogP contribution < -0.4 is 11.1 Å². The number of carbonyl (C=O) groups excluding carboxylic acids is 1. The van der Waals surface area contributed by atoms with Crippen LogP contribution in [0.4, 0.5) is 14.5 Å². The van der Waals surface area contributed by atoms with Gasteiger partial charge >= 0.3 is 0 Å². The molecule has 30 heavy (non-hydrogen) atoms. The summed E-state index contributed by atoms with van der Waals surface area (Å²) in [6.45, 7) is 2.32. The van der Waals surface area contributed by atoms with E-state index in [1.165, 1.54) is 12.1 Å². The molecule has 3 N–H and O–H groups in total. The number of hydrogen-bond donors (Lipinski definition) is 2. The van der Waals surface area contributed by atoms with Gasteiger partial charge in [-0.3, -0.25) is 9.78 Å². The lowest BCUT2D eigenvalue weighted by Gasteiger charge is -2.27.